The van der Waals surface area contributed by atoms with Crippen molar-refractivity contribution in [3.05, 3.63) is 58.0 Å². The summed E-state index contributed by atoms with van der Waals surface area (Å²) >= 11 is 1.27. The number of anilines is 2. The van der Waals surface area contributed by atoms with Crippen molar-refractivity contribution in [3.63, 3.8) is 0 Å². The highest BCUT2D eigenvalue weighted by Crippen LogP contribution is 2.33. The van der Waals surface area contributed by atoms with Crippen LogP contribution in [0.4, 0.5) is 21.3 Å². The fourth-order valence-electron chi connectivity index (χ4n) is 2.39. The maximum Gasteiger partial charge on any atom is 0.325 e. The molecule has 0 bridgehead atoms. The number of hydrogen-bond acceptors (Lipinski definition) is 7. The van der Waals surface area contributed by atoms with E-state index in [0.29, 0.717) is 28.0 Å². The number of ether oxygens (including phenoxy) is 2. The van der Waals surface area contributed by atoms with Crippen molar-refractivity contribution in [2.24, 2.45) is 0 Å². The number of nitro groups is 1. The molecule has 0 aliphatic carbocycles. The van der Waals surface area contributed by atoms with Crippen LogP contribution in [0.3, 0.4) is 0 Å². The summed E-state index contributed by atoms with van der Waals surface area (Å²) in [6.07, 6.45) is 0. The molecule has 28 heavy (non-hydrogen) atoms. The number of carbonyl (C=O) groups excluding carboxylic acids is 1. The lowest BCUT2D eigenvalue weighted by Gasteiger charge is -2.08. The highest BCUT2D eigenvalue weighted by atomic mass is 32.1. The van der Waals surface area contributed by atoms with Gasteiger partial charge in [-0.3, -0.25) is 15.4 Å². The van der Waals surface area contributed by atoms with Crippen molar-refractivity contribution >= 4 is 33.9 Å². The minimum Gasteiger partial charge on any atom is -0.493 e. The van der Waals surface area contributed by atoms with E-state index in [1.54, 1.807) is 26.4 Å². The Morgan fingerprint density at radius 2 is 1.79 bits per heavy atom. The monoisotopic (exact) mass is 400 g/mol. The minimum absolute atomic E-state index is 0.0505. The van der Waals surface area contributed by atoms with Crippen LogP contribution in [-0.4, -0.2) is 30.2 Å². The summed E-state index contributed by atoms with van der Waals surface area (Å²) in [7, 11) is 3.12. The van der Waals surface area contributed by atoms with E-state index in [4.69, 9.17) is 9.47 Å². The van der Waals surface area contributed by atoms with E-state index >= 15 is 0 Å². The second kappa shape index (κ2) is 8.35. The second-order valence-corrected chi connectivity index (χ2v) is 6.35. The molecule has 0 atom stereocenters. The van der Waals surface area contributed by atoms with Crippen molar-refractivity contribution < 1.29 is 19.2 Å². The van der Waals surface area contributed by atoms with E-state index < -0.39 is 11.0 Å². The molecule has 0 spiro atoms. The van der Waals surface area contributed by atoms with Crippen LogP contribution < -0.4 is 20.1 Å². The first-order chi connectivity index (χ1) is 13.5. The number of urea groups is 1. The van der Waals surface area contributed by atoms with Gasteiger partial charge >= 0.3 is 6.03 Å². The first-order valence-electron chi connectivity index (χ1n) is 8.00. The second-order valence-electron chi connectivity index (χ2n) is 5.49. The summed E-state index contributed by atoms with van der Waals surface area (Å²) < 4.78 is 10.5. The Kier molecular flexibility index (Phi) is 5.70. The Labute approximate surface area is 164 Å². The van der Waals surface area contributed by atoms with Gasteiger partial charge in [0.25, 0.3) is 5.69 Å². The van der Waals surface area contributed by atoms with E-state index in [2.05, 4.69) is 15.6 Å². The smallest absolute Gasteiger partial charge is 0.325 e. The van der Waals surface area contributed by atoms with Crippen LogP contribution in [0.5, 0.6) is 11.5 Å². The van der Waals surface area contributed by atoms with Crippen molar-refractivity contribution in [2.45, 2.75) is 0 Å². The van der Waals surface area contributed by atoms with Crippen LogP contribution in [0.1, 0.15) is 0 Å². The first kappa shape index (κ1) is 19.1. The van der Waals surface area contributed by atoms with E-state index in [-0.39, 0.29) is 5.69 Å². The predicted octanol–water partition coefficient (Wildman–Crippen LogP) is 4.38. The molecule has 144 valence electrons. The van der Waals surface area contributed by atoms with Gasteiger partial charge in [0, 0.05) is 28.8 Å². The fourth-order valence-corrected chi connectivity index (χ4v) is 3.10. The molecule has 0 saturated carbocycles. The van der Waals surface area contributed by atoms with Crippen LogP contribution in [0.15, 0.2) is 47.8 Å². The van der Waals surface area contributed by atoms with Crippen LogP contribution >= 0.6 is 11.3 Å². The van der Waals surface area contributed by atoms with E-state index in [9.17, 15) is 14.9 Å². The number of nitro benzene ring substituents is 1. The molecule has 0 radical (unpaired) electrons. The predicted molar refractivity (Wildman–Crippen MR) is 106 cm³/mol. The molecule has 0 saturated heterocycles. The molecule has 0 aliphatic rings. The molecule has 2 aromatic carbocycles. The molecule has 1 aromatic heterocycles. The maximum absolute atomic E-state index is 12.1. The quantitative estimate of drug-likeness (QED) is 0.469. The van der Waals surface area contributed by atoms with Gasteiger partial charge in [0.1, 0.15) is 0 Å². The number of non-ortho nitro benzene ring substituents is 1. The topological polar surface area (TPSA) is 116 Å². The minimum atomic E-state index is -0.505. The highest BCUT2D eigenvalue weighted by molar-refractivity contribution is 7.14. The third-order valence-corrected chi connectivity index (χ3v) is 4.50. The molecule has 1 heterocycles. The third kappa shape index (κ3) is 4.35. The normalized spacial score (nSPS) is 10.2. The zero-order valence-electron chi connectivity index (χ0n) is 15.0. The molecule has 3 aromatic rings. The lowest BCUT2D eigenvalue weighted by atomic mass is 10.1. The van der Waals surface area contributed by atoms with Crippen LogP contribution in [0.2, 0.25) is 0 Å². The summed E-state index contributed by atoms with van der Waals surface area (Å²) in [6.45, 7) is 0. The zero-order valence-corrected chi connectivity index (χ0v) is 15.8. The molecule has 2 N–H and O–H groups in total. The molecule has 0 fully saturated rings. The SMILES string of the molecule is COc1ccc(-c2csc(NC(=O)Nc3ccc([N+](=O)[O-])cc3)n2)cc1OC. The summed E-state index contributed by atoms with van der Waals surface area (Å²) in [6, 6.07) is 10.5. The van der Waals surface area contributed by atoms with E-state index in [1.165, 1.54) is 35.6 Å². The lowest BCUT2D eigenvalue weighted by molar-refractivity contribution is -0.384. The van der Waals surface area contributed by atoms with Crippen molar-refractivity contribution in [1.29, 1.82) is 0 Å². The fraction of sp³-hybridized carbons (Fsp3) is 0.111. The van der Waals surface area contributed by atoms with Crippen LogP contribution in [-0.2, 0) is 0 Å². The maximum atomic E-state index is 12.1. The standard InChI is InChI=1S/C18H16N4O5S/c1-26-15-8-3-11(9-16(15)27-2)14-10-28-18(20-14)21-17(23)19-12-4-6-13(7-5-12)22(24)25/h3-10H,1-2H3,(H2,19,20,21,23). The number of benzene rings is 2. The summed E-state index contributed by atoms with van der Waals surface area (Å²) in [4.78, 5) is 26.6. The zero-order chi connectivity index (χ0) is 20.1. The van der Waals surface area contributed by atoms with Crippen molar-refractivity contribution in [2.75, 3.05) is 24.9 Å². The van der Waals surface area contributed by atoms with Crippen molar-refractivity contribution in [3.8, 4) is 22.8 Å². The van der Waals surface area contributed by atoms with Crippen LogP contribution in [0.25, 0.3) is 11.3 Å². The Bertz CT molecular complexity index is 1000. The lowest BCUT2D eigenvalue weighted by Crippen LogP contribution is -2.19. The number of carbonyl (C=O) groups is 1. The molecule has 0 unspecified atom stereocenters. The first-order valence-corrected chi connectivity index (χ1v) is 8.88. The average molecular weight is 400 g/mol. The van der Waals surface area contributed by atoms with Gasteiger partial charge in [-0.1, -0.05) is 0 Å². The molecule has 0 aliphatic heterocycles. The molecule has 2 amide bonds. The number of rotatable bonds is 6. The van der Waals surface area contributed by atoms with Gasteiger partial charge in [-0.15, -0.1) is 11.3 Å². The number of methoxy groups -OCH3 is 2. The Morgan fingerprint density at radius 3 is 2.43 bits per heavy atom. The molecule has 9 nitrogen and oxygen atoms in total. The van der Waals surface area contributed by atoms with Gasteiger partial charge in [0.05, 0.1) is 24.8 Å². The molecular formula is C18H16N4O5S. The number of amides is 2. The largest absolute Gasteiger partial charge is 0.493 e. The number of thiazole rings is 1. The number of aromatic nitrogens is 1. The van der Waals surface area contributed by atoms with Gasteiger partial charge in [-0.05, 0) is 30.3 Å². The van der Waals surface area contributed by atoms with Gasteiger partial charge in [-0.25, -0.2) is 9.78 Å². The summed E-state index contributed by atoms with van der Waals surface area (Å²) in [5.74, 6) is 1.20. The Hall–Kier alpha value is -3.66. The van der Waals surface area contributed by atoms with Crippen molar-refractivity contribution in [1.82, 2.24) is 4.98 Å². The number of hydrogen-bond donors (Lipinski definition) is 2. The van der Waals surface area contributed by atoms with E-state index in [1.807, 2.05) is 11.4 Å². The Morgan fingerprint density at radius 1 is 1.07 bits per heavy atom. The van der Waals surface area contributed by atoms with Crippen LogP contribution in [0, 0.1) is 10.1 Å². The van der Waals surface area contributed by atoms with Gasteiger partial charge < -0.3 is 14.8 Å². The number of nitrogens with zero attached hydrogens (tertiary/aromatic N) is 2. The number of nitrogens with one attached hydrogen (secondary N) is 2. The molecule has 10 heteroatoms. The van der Waals surface area contributed by atoms with Gasteiger partial charge in [-0.2, -0.15) is 0 Å². The molecular weight excluding hydrogens is 384 g/mol. The highest BCUT2D eigenvalue weighted by Gasteiger charge is 2.12. The summed E-state index contributed by atoms with van der Waals surface area (Å²) in [5.41, 5.74) is 1.87. The van der Waals surface area contributed by atoms with E-state index in [0.717, 1.165) is 5.56 Å². The van der Waals surface area contributed by atoms with Gasteiger partial charge in [0.15, 0.2) is 16.6 Å². The average Bonchev–Trinajstić information content (AvgIpc) is 3.16. The van der Waals surface area contributed by atoms with Gasteiger partial charge in [0.2, 0.25) is 0 Å². The third-order valence-electron chi connectivity index (χ3n) is 3.74. The Balaban J connectivity index is 1.67. The summed E-state index contributed by atoms with van der Waals surface area (Å²) in [5, 5.41) is 18.1. The molecule has 3 rings (SSSR count).